The molecule has 2 amide bonds. The summed E-state index contributed by atoms with van der Waals surface area (Å²) in [6.07, 6.45) is 1.45. The van der Waals surface area contributed by atoms with E-state index in [2.05, 4.69) is 27.2 Å². The van der Waals surface area contributed by atoms with Gasteiger partial charge in [-0.15, -0.1) is 0 Å². The van der Waals surface area contributed by atoms with E-state index in [1.807, 2.05) is 0 Å². The first-order chi connectivity index (χ1) is 16.9. The molecule has 0 aliphatic carbocycles. The minimum absolute atomic E-state index is 0.0266. The second kappa shape index (κ2) is 22.6. The largest absolute Gasteiger partial charge is 0.480 e. The molecule has 0 aliphatic rings. The molecule has 1 atom stereocenters. The number of hydrogen-bond donors (Lipinski definition) is 3. The highest BCUT2D eigenvalue weighted by Gasteiger charge is 2.21. The van der Waals surface area contributed by atoms with Crippen LogP contribution in [0.4, 0.5) is 0 Å². The molecule has 0 heterocycles. The smallest absolute Gasteiger partial charge is 0.326 e. The Labute approximate surface area is 203 Å². The van der Waals surface area contributed by atoms with Gasteiger partial charge in [-0.05, 0) is 18.4 Å². The Kier molecular flexibility index (Phi) is 20.5. The van der Waals surface area contributed by atoms with E-state index >= 15 is 0 Å². The zero-order valence-electron chi connectivity index (χ0n) is 19.8. The maximum atomic E-state index is 11.9. The Morgan fingerprint density at radius 1 is 0.971 bits per heavy atom. The molecule has 0 unspecified atom stereocenters. The van der Waals surface area contributed by atoms with Crippen LogP contribution in [-0.2, 0) is 38.1 Å². The van der Waals surface area contributed by atoms with Crippen molar-refractivity contribution in [3.8, 4) is 0 Å². The van der Waals surface area contributed by atoms with Crippen molar-refractivity contribution in [2.45, 2.75) is 38.1 Å². The number of hydrogen-bond acceptors (Lipinski definition) is 9. The van der Waals surface area contributed by atoms with Crippen LogP contribution >= 0.6 is 0 Å². The summed E-state index contributed by atoms with van der Waals surface area (Å²) in [4.78, 5) is 49.1. The number of carbonyl (C=O) groups is 4. The lowest BCUT2D eigenvalue weighted by atomic mass is 10.1. The van der Waals surface area contributed by atoms with E-state index in [4.69, 9.17) is 24.5 Å². The summed E-state index contributed by atoms with van der Waals surface area (Å²) in [5, 5.41) is 17.5. The molecule has 0 saturated carbocycles. The van der Waals surface area contributed by atoms with Gasteiger partial charge in [-0.3, -0.25) is 14.4 Å². The number of esters is 1. The van der Waals surface area contributed by atoms with E-state index in [-0.39, 0.29) is 51.2 Å². The van der Waals surface area contributed by atoms with Crippen LogP contribution in [0.25, 0.3) is 10.4 Å². The molecule has 35 heavy (non-hydrogen) atoms. The van der Waals surface area contributed by atoms with Crippen LogP contribution < -0.4 is 10.6 Å². The summed E-state index contributed by atoms with van der Waals surface area (Å²) in [6.45, 7) is 6.15. The fraction of sp³-hybridized carbons (Fsp3) is 0.714. The standard InChI is InChI=1S/C21H35N5O9/c1-2-10-35-20(29)7-6-17(21(30)31)25-19(28)5-3-4-18(27)23-8-11-32-13-15-34-16-14-33-12-9-24-26-22/h2,17H,1,3-16H2,(H,23,27)(H,25,28)(H,30,31)/t17-/m0/s1. The number of amides is 2. The first-order valence-electron chi connectivity index (χ1n) is 11.2. The van der Waals surface area contributed by atoms with Gasteiger partial charge in [0, 0.05) is 37.3 Å². The molecule has 0 spiro atoms. The van der Waals surface area contributed by atoms with Crippen LogP contribution in [0.15, 0.2) is 17.8 Å². The van der Waals surface area contributed by atoms with Crippen LogP contribution in [-0.4, -0.2) is 94.2 Å². The van der Waals surface area contributed by atoms with Crippen LogP contribution in [0.5, 0.6) is 0 Å². The van der Waals surface area contributed by atoms with Gasteiger partial charge in [0.15, 0.2) is 0 Å². The molecule has 0 bridgehead atoms. The molecule has 0 aromatic carbocycles. The van der Waals surface area contributed by atoms with Crippen molar-refractivity contribution in [3.63, 3.8) is 0 Å². The van der Waals surface area contributed by atoms with E-state index in [0.717, 1.165) is 0 Å². The number of carbonyl (C=O) groups excluding carboxylic acids is 3. The van der Waals surface area contributed by atoms with Crippen LogP contribution in [0.3, 0.4) is 0 Å². The van der Waals surface area contributed by atoms with Crippen molar-refractivity contribution in [2.75, 3.05) is 59.3 Å². The van der Waals surface area contributed by atoms with Crippen molar-refractivity contribution >= 4 is 23.8 Å². The van der Waals surface area contributed by atoms with Crippen LogP contribution in [0, 0.1) is 0 Å². The molecule has 0 aromatic rings. The molecule has 0 aromatic heterocycles. The van der Waals surface area contributed by atoms with Gasteiger partial charge in [0.2, 0.25) is 11.8 Å². The molecule has 3 N–H and O–H groups in total. The second-order valence-electron chi connectivity index (χ2n) is 6.96. The summed E-state index contributed by atoms with van der Waals surface area (Å²) in [5.41, 5.74) is 8.10. The van der Waals surface area contributed by atoms with Crippen LogP contribution in [0.2, 0.25) is 0 Å². The zero-order valence-corrected chi connectivity index (χ0v) is 19.8. The van der Waals surface area contributed by atoms with Gasteiger partial charge in [-0.2, -0.15) is 0 Å². The molecule has 14 nitrogen and oxygen atoms in total. The molecule has 0 rings (SSSR count). The number of nitrogens with zero attached hydrogens (tertiary/aromatic N) is 3. The monoisotopic (exact) mass is 501 g/mol. The Morgan fingerprint density at radius 3 is 2.23 bits per heavy atom. The van der Waals surface area contributed by atoms with E-state index in [0.29, 0.717) is 46.2 Å². The number of azide groups is 1. The summed E-state index contributed by atoms with van der Waals surface area (Å²) >= 11 is 0. The first-order valence-corrected chi connectivity index (χ1v) is 11.2. The quantitative estimate of drug-likeness (QED) is 0.0450. The first kappa shape index (κ1) is 31.8. The molecular weight excluding hydrogens is 466 g/mol. The molecule has 0 aliphatic heterocycles. The zero-order chi connectivity index (χ0) is 26.2. The Bertz CT molecular complexity index is 699. The maximum absolute atomic E-state index is 11.9. The Morgan fingerprint density at radius 2 is 1.60 bits per heavy atom. The highest BCUT2D eigenvalue weighted by molar-refractivity contribution is 5.84. The van der Waals surface area contributed by atoms with Gasteiger partial charge in [0.1, 0.15) is 12.6 Å². The van der Waals surface area contributed by atoms with Gasteiger partial charge < -0.3 is 34.7 Å². The van der Waals surface area contributed by atoms with Gasteiger partial charge in [0.25, 0.3) is 0 Å². The average Bonchev–Trinajstić information content (AvgIpc) is 2.83. The van der Waals surface area contributed by atoms with Gasteiger partial charge >= 0.3 is 11.9 Å². The third-order valence-electron chi connectivity index (χ3n) is 4.15. The minimum atomic E-state index is -1.26. The Hall–Kier alpha value is -3.19. The molecule has 0 fully saturated rings. The predicted octanol–water partition coefficient (Wildman–Crippen LogP) is 0.712. The lowest BCUT2D eigenvalue weighted by molar-refractivity contribution is -0.145. The third-order valence-corrected chi connectivity index (χ3v) is 4.15. The fourth-order valence-corrected chi connectivity index (χ4v) is 2.46. The van der Waals surface area contributed by atoms with Crippen molar-refractivity contribution in [1.29, 1.82) is 0 Å². The number of carboxylic acid groups (broad SMARTS) is 1. The summed E-state index contributed by atoms with van der Waals surface area (Å²) in [5.74, 6) is -2.61. The predicted molar refractivity (Wildman–Crippen MR) is 123 cm³/mol. The van der Waals surface area contributed by atoms with Gasteiger partial charge in [-0.1, -0.05) is 17.8 Å². The van der Waals surface area contributed by atoms with Gasteiger partial charge in [0.05, 0.1) is 39.6 Å². The summed E-state index contributed by atoms with van der Waals surface area (Å²) < 4.78 is 20.5. The number of nitrogens with one attached hydrogen (secondary N) is 2. The van der Waals surface area contributed by atoms with E-state index in [1.165, 1.54) is 6.08 Å². The SMILES string of the molecule is C=CCOC(=O)CC[C@H](NC(=O)CCCC(=O)NCCOCCOCCOCCN=[N+]=[N-])C(=O)O. The van der Waals surface area contributed by atoms with Crippen molar-refractivity contribution in [3.05, 3.63) is 23.1 Å². The second-order valence-corrected chi connectivity index (χ2v) is 6.96. The molecule has 0 saturated heterocycles. The number of ether oxygens (including phenoxy) is 4. The topological polar surface area (TPSA) is 198 Å². The molecule has 198 valence electrons. The van der Waals surface area contributed by atoms with E-state index < -0.39 is 23.9 Å². The van der Waals surface area contributed by atoms with Crippen molar-refractivity contribution in [2.24, 2.45) is 5.11 Å². The maximum Gasteiger partial charge on any atom is 0.326 e. The average molecular weight is 502 g/mol. The molecular formula is C21H35N5O9. The van der Waals surface area contributed by atoms with Crippen LogP contribution in [0.1, 0.15) is 32.1 Å². The van der Waals surface area contributed by atoms with Gasteiger partial charge in [-0.25, -0.2) is 4.79 Å². The number of carboxylic acids is 1. The van der Waals surface area contributed by atoms with E-state index in [9.17, 15) is 24.3 Å². The number of rotatable bonds is 23. The third kappa shape index (κ3) is 21.1. The lowest BCUT2D eigenvalue weighted by Gasteiger charge is -2.14. The van der Waals surface area contributed by atoms with Crippen molar-refractivity contribution < 1.29 is 43.2 Å². The molecule has 14 heteroatoms. The minimum Gasteiger partial charge on any atom is -0.480 e. The Balaban J connectivity index is 3.73. The fourth-order valence-electron chi connectivity index (χ4n) is 2.46. The number of aliphatic carboxylic acids is 1. The van der Waals surface area contributed by atoms with Crippen molar-refractivity contribution in [1.82, 2.24) is 10.6 Å². The molecule has 0 radical (unpaired) electrons. The highest BCUT2D eigenvalue weighted by atomic mass is 16.5. The highest BCUT2D eigenvalue weighted by Crippen LogP contribution is 2.03. The lowest BCUT2D eigenvalue weighted by Crippen LogP contribution is -2.41. The summed E-state index contributed by atoms with van der Waals surface area (Å²) in [6, 6.07) is -1.22. The summed E-state index contributed by atoms with van der Waals surface area (Å²) in [7, 11) is 0. The van der Waals surface area contributed by atoms with E-state index in [1.54, 1.807) is 0 Å². The normalized spacial score (nSPS) is 11.1.